The zero-order valence-electron chi connectivity index (χ0n) is 12.4. The Morgan fingerprint density at radius 1 is 1.21 bits per heavy atom. The molecule has 0 heterocycles. The summed E-state index contributed by atoms with van der Waals surface area (Å²) in [5, 5.41) is 10.8. The Bertz CT molecular complexity index is 386. The van der Waals surface area contributed by atoms with Crippen LogP contribution in [0, 0.1) is 5.92 Å². The number of hydrogen-bond donors (Lipinski definition) is 1. The van der Waals surface area contributed by atoms with Gasteiger partial charge in [-0.3, -0.25) is 0 Å². The number of ether oxygens (including phenoxy) is 1. The van der Waals surface area contributed by atoms with E-state index in [1.165, 1.54) is 6.42 Å². The molecule has 2 heteroatoms. The zero-order valence-corrected chi connectivity index (χ0v) is 12.4. The maximum atomic E-state index is 10.8. The molecule has 2 nitrogen and oxygen atoms in total. The highest BCUT2D eigenvalue weighted by Crippen LogP contribution is 2.40. The van der Waals surface area contributed by atoms with Gasteiger partial charge in [-0.25, -0.2) is 0 Å². The van der Waals surface area contributed by atoms with E-state index in [1.807, 2.05) is 38.1 Å². The molecule has 1 aliphatic rings. The minimum absolute atomic E-state index is 0.189. The molecule has 0 amide bonds. The van der Waals surface area contributed by atoms with Crippen LogP contribution in [0.4, 0.5) is 0 Å². The fourth-order valence-corrected chi connectivity index (χ4v) is 2.97. The molecule has 1 aromatic carbocycles. The van der Waals surface area contributed by atoms with Gasteiger partial charge in [0.2, 0.25) is 0 Å². The molecule has 0 atom stereocenters. The molecule has 0 aliphatic heterocycles. The first-order chi connectivity index (χ1) is 9.03. The quantitative estimate of drug-likeness (QED) is 0.878. The summed E-state index contributed by atoms with van der Waals surface area (Å²) < 4.78 is 5.64. The van der Waals surface area contributed by atoms with E-state index in [0.717, 1.165) is 42.9 Å². The largest absolute Gasteiger partial charge is 0.491 e. The third-order valence-electron chi connectivity index (χ3n) is 4.27. The first-order valence-corrected chi connectivity index (χ1v) is 7.53. The molecule has 0 unspecified atom stereocenters. The van der Waals surface area contributed by atoms with Crippen LogP contribution in [-0.4, -0.2) is 11.2 Å². The van der Waals surface area contributed by atoms with Crippen molar-refractivity contribution in [1.29, 1.82) is 0 Å². The van der Waals surface area contributed by atoms with E-state index >= 15 is 0 Å². The molecule has 0 saturated heterocycles. The summed E-state index contributed by atoms with van der Waals surface area (Å²) in [5.74, 6) is 1.67. The van der Waals surface area contributed by atoms with Crippen molar-refractivity contribution in [3.05, 3.63) is 29.8 Å². The average Bonchev–Trinajstić information content (AvgIpc) is 2.40. The average molecular weight is 262 g/mol. The fourth-order valence-electron chi connectivity index (χ4n) is 2.97. The molecule has 1 fully saturated rings. The van der Waals surface area contributed by atoms with E-state index in [2.05, 4.69) is 6.92 Å². The van der Waals surface area contributed by atoms with Gasteiger partial charge in [0.15, 0.2) is 0 Å². The van der Waals surface area contributed by atoms with Crippen LogP contribution in [0.25, 0.3) is 0 Å². The third kappa shape index (κ3) is 3.50. The van der Waals surface area contributed by atoms with Crippen LogP contribution >= 0.6 is 0 Å². The number of hydrogen-bond acceptors (Lipinski definition) is 2. The smallest absolute Gasteiger partial charge is 0.119 e. The highest BCUT2D eigenvalue weighted by molar-refractivity contribution is 5.31. The first kappa shape index (κ1) is 14.4. The van der Waals surface area contributed by atoms with Gasteiger partial charge in [-0.15, -0.1) is 0 Å². The summed E-state index contributed by atoms with van der Waals surface area (Å²) in [4.78, 5) is 0. The van der Waals surface area contributed by atoms with Gasteiger partial charge in [0, 0.05) is 0 Å². The SMILES string of the molecule is CCC1CCC(O)(c2ccc(OC(C)C)cc2)CC1. The van der Waals surface area contributed by atoms with Crippen LogP contribution in [0.15, 0.2) is 24.3 Å². The van der Waals surface area contributed by atoms with Gasteiger partial charge in [-0.05, 0) is 63.1 Å². The monoisotopic (exact) mass is 262 g/mol. The van der Waals surface area contributed by atoms with Gasteiger partial charge in [-0.2, -0.15) is 0 Å². The second kappa shape index (κ2) is 5.96. The summed E-state index contributed by atoms with van der Waals surface area (Å²) in [6.07, 6.45) is 5.46. The second-order valence-electron chi connectivity index (χ2n) is 6.07. The summed E-state index contributed by atoms with van der Waals surface area (Å²) in [7, 11) is 0. The van der Waals surface area contributed by atoms with Gasteiger partial charge in [0.05, 0.1) is 11.7 Å². The van der Waals surface area contributed by atoms with E-state index in [1.54, 1.807) is 0 Å². The van der Waals surface area contributed by atoms with Crippen molar-refractivity contribution in [3.63, 3.8) is 0 Å². The molecule has 1 aliphatic carbocycles. The zero-order chi connectivity index (χ0) is 13.9. The number of aliphatic hydroxyl groups is 1. The molecule has 1 saturated carbocycles. The first-order valence-electron chi connectivity index (χ1n) is 7.53. The van der Waals surface area contributed by atoms with Gasteiger partial charge in [0.25, 0.3) is 0 Å². The van der Waals surface area contributed by atoms with Gasteiger partial charge in [-0.1, -0.05) is 25.5 Å². The van der Waals surface area contributed by atoms with Crippen LogP contribution in [0.2, 0.25) is 0 Å². The third-order valence-corrected chi connectivity index (χ3v) is 4.27. The molecule has 19 heavy (non-hydrogen) atoms. The predicted octanol–water partition coefficient (Wildman–Crippen LogP) is 4.26. The van der Waals surface area contributed by atoms with Crippen molar-refractivity contribution in [2.45, 2.75) is 64.6 Å². The molecule has 0 bridgehead atoms. The molecular formula is C17H26O2. The maximum Gasteiger partial charge on any atom is 0.119 e. The highest BCUT2D eigenvalue weighted by Gasteiger charge is 2.34. The van der Waals surface area contributed by atoms with Crippen molar-refractivity contribution in [3.8, 4) is 5.75 Å². The second-order valence-corrected chi connectivity index (χ2v) is 6.07. The normalized spacial score (nSPS) is 27.5. The van der Waals surface area contributed by atoms with E-state index < -0.39 is 5.60 Å². The van der Waals surface area contributed by atoms with Crippen LogP contribution in [-0.2, 0) is 5.60 Å². The van der Waals surface area contributed by atoms with Crippen LogP contribution in [0.1, 0.15) is 58.4 Å². The van der Waals surface area contributed by atoms with E-state index in [-0.39, 0.29) is 6.10 Å². The molecule has 0 aromatic heterocycles. The topological polar surface area (TPSA) is 29.5 Å². The van der Waals surface area contributed by atoms with Crippen molar-refractivity contribution >= 4 is 0 Å². The maximum absolute atomic E-state index is 10.8. The van der Waals surface area contributed by atoms with Crippen LogP contribution in [0.3, 0.4) is 0 Å². The molecular weight excluding hydrogens is 236 g/mol. The molecule has 1 N–H and O–H groups in total. The molecule has 2 rings (SSSR count). The summed E-state index contributed by atoms with van der Waals surface area (Å²) in [6, 6.07) is 7.98. The Morgan fingerprint density at radius 3 is 2.26 bits per heavy atom. The molecule has 0 spiro atoms. The van der Waals surface area contributed by atoms with E-state index in [4.69, 9.17) is 4.74 Å². The van der Waals surface area contributed by atoms with Gasteiger partial charge in [0.1, 0.15) is 5.75 Å². The predicted molar refractivity (Wildman–Crippen MR) is 78.4 cm³/mol. The van der Waals surface area contributed by atoms with Crippen LogP contribution < -0.4 is 4.74 Å². The van der Waals surface area contributed by atoms with E-state index in [0.29, 0.717) is 0 Å². The lowest BCUT2D eigenvalue weighted by molar-refractivity contribution is -0.0146. The highest BCUT2D eigenvalue weighted by atomic mass is 16.5. The summed E-state index contributed by atoms with van der Waals surface area (Å²) in [6.45, 7) is 6.29. The molecule has 0 radical (unpaired) electrons. The van der Waals surface area contributed by atoms with Crippen LogP contribution in [0.5, 0.6) is 5.75 Å². The van der Waals surface area contributed by atoms with Crippen molar-refractivity contribution in [2.75, 3.05) is 0 Å². The van der Waals surface area contributed by atoms with Crippen molar-refractivity contribution in [1.82, 2.24) is 0 Å². The fraction of sp³-hybridized carbons (Fsp3) is 0.647. The van der Waals surface area contributed by atoms with Gasteiger partial charge >= 0.3 is 0 Å². The summed E-state index contributed by atoms with van der Waals surface area (Å²) >= 11 is 0. The Balaban J connectivity index is 2.05. The van der Waals surface area contributed by atoms with Crippen molar-refractivity contribution < 1.29 is 9.84 Å². The Morgan fingerprint density at radius 2 is 1.79 bits per heavy atom. The lowest BCUT2D eigenvalue weighted by Crippen LogP contribution is -2.31. The molecule has 1 aromatic rings. The van der Waals surface area contributed by atoms with Crippen molar-refractivity contribution in [2.24, 2.45) is 5.92 Å². The lowest BCUT2D eigenvalue weighted by Gasteiger charge is -2.36. The minimum atomic E-state index is -0.623. The number of rotatable bonds is 4. The molecule has 106 valence electrons. The lowest BCUT2D eigenvalue weighted by atomic mass is 9.74. The Hall–Kier alpha value is -1.02. The minimum Gasteiger partial charge on any atom is -0.491 e. The van der Waals surface area contributed by atoms with Gasteiger partial charge < -0.3 is 9.84 Å². The Labute approximate surface area is 116 Å². The Kier molecular flexibility index (Phi) is 4.51. The standard InChI is InChI=1S/C17H26O2/c1-4-14-9-11-17(18,12-10-14)15-5-7-16(8-6-15)19-13(2)3/h5-8,13-14,18H,4,9-12H2,1-3H3. The van der Waals surface area contributed by atoms with E-state index in [9.17, 15) is 5.11 Å². The number of benzene rings is 1. The summed E-state index contributed by atoms with van der Waals surface area (Å²) in [5.41, 5.74) is 0.417.